The lowest BCUT2D eigenvalue weighted by molar-refractivity contribution is 0.437. The van der Waals surface area contributed by atoms with E-state index in [-0.39, 0.29) is 5.41 Å². The molecule has 0 radical (unpaired) electrons. The van der Waals surface area contributed by atoms with E-state index in [1.54, 1.807) is 0 Å². The Labute approximate surface area is 78.5 Å². The summed E-state index contributed by atoms with van der Waals surface area (Å²) in [4.78, 5) is 0. The molecule has 0 aliphatic carbocycles. The highest BCUT2D eigenvalue weighted by Gasteiger charge is 2.16. The first-order valence-corrected chi connectivity index (χ1v) is 5.11. The Hall–Kier alpha value is -0.0400. The van der Waals surface area contributed by atoms with Crippen LogP contribution in [0, 0.1) is 5.41 Å². The highest BCUT2D eigenvalue weighted by Crippen LogP contribution is 2.27. The number of alkyl halides is 1. The van der Waals surface area contributed by atoms with Crippen LogP contribution in [0.3, 0.4) is 0 Å². The van der Waals surface area contributed by atoms with Gasteiger partial charge < -0.3 is 0 Å². The zero-order valence-corrected chi connectivity index (χ0v) is 8.86. The molecule has 1 heteroatoms. The van der Waals surface area contributed by atoms with Gasteiger partial charge in [-0.3, -0.25) is 0 Å². The molecule has 64 valence electrons. The summed E-state index contributed by atoms with van der Waals surface area (Å²) < 4.78 is 0. The molecule has 0 aromatic rings. The van der Waals surface area contributed by atoms with Crippen molar-refractivity contribution in [3.05, 3.63) is 25.3 Å². The summed E-state index contributed by atoms with van der Waals surface area (Å²) in [5, 5.41) is 1.00. The summed E-state index contributed by atoms with van der Waals surface area (Å²) in [5.41, 5.74) is 0.267. The predicted octanol–water partition coefficient (Wildman–Crippen LogP) is 3.93. The van der Waals surface area contributed by atoms with E-state index in [9.17, 15) is 0 Å². The van der Waals surface area contributed by atoms with E-state index in [4.69, 9.17) is 0 Å². The van der Waals surface area contributed by atoms with Crippen LogP contribution in [0.4, 0.5) is 0 Å². The van der Waals surface area contributed by atoms with Gasteiger partial charge in [-0.1, -0.05) is 35.0 Å². The van der Waals surface area contributed by atoms with Crippen LogP contribution in [0.25, 0.3) is 0 Å². The van der Waals surface area contributed by atoms with Crippen LogP contribution in [-0.4, -0.2) is 5.33 Å². The van der Waals surface area contributed by atoms with Crippen LogP contribution in [-0.2, 0) is 0 Å². The highest BCUT2D eigenvalue weighted by molar-refractivity contribution is 9.09. The number of halogens is 1. The second-order valence-electron chi connectivity index (χ2n) is 3.17. The van der Waals surface area contributed by atoms with Crippen molar-refractivity contribution in [2.75, 3.05) is 5.33 Å². The molecule has 0 rings (SSSR count). The fraction of sp³-hybridized carbons (Fsp3) is 0.600. The minimum Gasteiger partial charge on any atom is -0.103 e. The lowest BCUT2D eigenvalue weighted by Crippen LogP contribution is -2.13. The van der Waals surface area contributed by atoms with Crippen LogP contribution < -0.4 is 0 Å². The fourth-order valence-electron chi connectivity index (χ4n) is 0.874. The van der Waals surface area contributed by atoms with Gasteiger partial charge in [0.05, 0.1) is 0 Å². The molecule has 0 nitrogen and oxygen atoms in total. The fourth-order valence-corrected chi connectivity index (χ4v) is 1.38. The van der Waals surface area contributed by atoms with Crippen molar-refractivity contribution in [3.8, 4) is 0 Å². The molecule has 0 N–H and O–H groups in total. The number of hydrogen-bond donors (Lipinski definition) is 0. The number of allylic oxidation sites excluding steroid dienone is 2. The summed E-state index contributed by atoms with van der Waals surface area (Å²) in [6.45, 7) is 9.74. The van der Waals surface area contributed by atoms with Gasteiger partial charge in [0.25, 0.3) is 0 Å². The van der Waals surface area contributed by atoms with Gasteiger partial charge in [-0.25, -0.2) is 0 Å². The second-order valence-corrected chi connectivity index (χ2v) is 3.73. The van der Waals surface area contributed by atoms with Crippen molar-refractivity contribution in [2.45, 2.75) is 26.2 Å². The Balaban J connectivity index is 3.68. The Kier molecular flexibility index (Phi) is 5.57. The Morgan fingerprint density at radius 3 is 2.45 bits per heavy atom. The van der Waals surface area contributed by atoms with E-state index in [2.05, 4.69) is 36.0 Å². The largest absolute Gasteiger partial charge is 0.103 e. The van der Waals surface area contributed by atoms with E-state index in [0.29, 0.717) is 0 Å². The van der Waals surface area contributed by atoms with E-state index in [0.717, 1.165) is 11.8 Å². The van der Waals surface area contributed by atoms with Gasteiger partial charge >= 0.3 is 0 Å². The van der Waals surface area contributed by atoms with Crippen molar-refractivity contribution in [3.63, 3.8) is 0 Å². The minimum absolute atomic E-state index is 0.267. The monoisotopic (exact) mass is 216 g/mol. The Morgan fingerprint density at radius 2 is 2.09 bits per heavy atom. The van der Waals surface area contributed by atoms with Crippen molar-refractivity contribution >= 4 is 15.9 Å². The summed E-state index contributed by atoms with van der Waals surface area (Å²) in [6, 6.07) is 0. The van der Waals surface area contributed by atoms with E-state index in [1.165, 1.54) is 12.8 Å². The molecule has 0 saturated heterocycles. The van der Waals surface area contributed by atoms with Gasteiger partial charge in [-0.15, -0.1) is 13.2 Å². The molecule has 0 amide bonds. The quantitative estimate of drug-likeness (QED) is 0.359. The first-order chi connectivity index (χ1) is 5.18. The third-order valence-electron chi connectivity index (χ3n) is 1.95. The first-order valence-electron chi connectivity index (χ1n) is 3.99. The molecule has 0 spiro atoms. The van der Waals surface area contributed by atoms with E-state index < -0.39 is 0 Å². The first kappa shape index (κ1) is 11.0. The molecule has 0 fully saturated rings. The van der Waals surface area contributed by atoms with Gasteiger partial charge in [-0.05, 0) is 24.7 Å². The molecule has 0 bridgehead atoms. The average Bonchev–Trinajstić information content (AvgIpc) is 2.05. The van der Waals surface area contributed by atoms with Gasteiger partial charge in [0.2, 0.25) is 0 Å². The second kappa shape index (κ2) is 5.59. The molecule has 11 heavy (non-hydrogen) atoms. The van der Waals surface area contributed by atoms with Crippen LogP contribution in [0.15, 0.2) is 25.3 Å². The zero-order chi connectivity index (χ0) is 8.74. The van der Waals surface area contributed by atoms with E-state index >= 15 is 0 Å². The van der Waals surface area contributed by atoms with Crippen LogP contribution in [0.5, 0.6) is 0 Å². The van der Waals surface area contributed by atoms with Crippen molar-refractivity contribution < 1.29 is 0 Å². The SMILES string of the molecule is C=CCCCC(C)(C=C)CBr. The Morgan fingerprint density at radius 1 is 1.45 bits per heavy atom. The molecule has 0 aliphatic heterocycles. The molecule has 1 atom stereocenters. The van der Waals surface area contributed by atoms with Crippen molar-refractivity contribution in [1.29, 1.82) is 0 Å². The lowest BCUT2D eigenvalue weighted by Gasteiger charge is -2.22. The summed E-state index contributed by atoms with van der Waals surface area (Å²) in [5.74, 6) is 0. The average molecular weight is 217 g/mol. The molecular formula is C10H17Br. The summed E-state index contributed by atoms with van der Waals surface area (Å²) >= 11 is 3.49. The van der Waals surface area contributed by atoms with Crippen molar-refractivity contribution in [1.82, 2.24) is 0 Å². The maximum Gasteiger partial charge on any atom is 0.0120 e. The molecule has 0 aromatic heterocycles. The maximum absolute atomic E-state index is 3.83. The molecule has 0 saturated carbocycles. The molecule has 0 aliphatic rings. The smallest absolute Gasteiger partial charge is 0.0120 e. The normalized spacial score (nSPS) is 15.5. The summed E-state index contributed by atoms with van der Waals surface area (Å²) in [7, 11) is 0. The molecule has 0 heterocycles. The summed E-state index contributed by atoms with van der Waals surface area (Å²) in [6.07, 6.45) is 7.50. The van der Waals surface area contributed by atoms with Gasteiger partial charge in [0, 0.05) is 5.33 Å². The minimum atomic E-state index is 0.267. The predicted molar refractivity (Wildman–Crippen MR) is 56.1 cm³/mol. The van der Waals surface area contributed by atoms with Gasteiger partial charge in [-0.2, -0.15) is 0 Å². The number of unbranched alkanes of at least 4 members (excludes halogenated alkanes) is 1. The van der Waals surface area contributed by atoms with Gasteiger partial charge in [0.15, 0.2) is 0 Å². The maximum atomic E-state index is 3.83. The molecule has 1 unspecified atom stereocenters. The van der Waals surface area contributed by atoms with Crippen molar-refractivity contribution in [2.24, 2.45) is 5.41 Å². The molecule has 0 aromatic carbocycles. The lowest BCUT2D eigenvalue weighted by atomic mass is 9.87. The van der Waals surface area contributed by atoms with Crippen LogP contribution in [0.2, 0.25) is 0 Å². The topological polar surface area (TPSA) is 0 Å². The van der Waals surface area contributed by atoms with Crippen LogP contribution >= 0.6 is 15.9 Å². The van der Waals surface area contributed by atoms with E-state index in [1.807, 2.05) is 12.2 Å². The third kappa shape index (κ3) is 4.41. The molecular weight excluding hydrogens is 200 g/mol. The number of hydrogen-bond acceptors (Lipinski definition) is 0. The standard InChI is InChI=1S/C10H17Br/c1-4-6-7-8-10(3,5-2)9-11/h4-5H,1-2,6-9H2,3H3. The van der Waals surface area contributed by atoms with Gasteiger partial charge in [0.1, 0.15) is 0 Å². The highest BCUT2D eigenvalue weighted by atomic mass is 79.9. The van der Waals surface area contributed by atoms with Crippen LogP contribution in [0.1, 0.15) is 26.2 Å². The number of rotatable bonds is 6. The Bertz CT molecular complexity index is 129. The zero-order valence-electron chi connectivity index (χ0n) is 7.28. The third-order valence-corrected chi connectivity index (χ3v) is 3.24.